The summed E-state index contributed by atoms with van der Waals surface area (Å²) in [4.78, 5) is 40.6. The Balaban J connectivity index is 1.64. The van der Waals surface area contributed by atoms with Crippen LogP contribution in [0.25, 0.3) is 0 Å². The van der Waals surface area contributed by atoms with E-state index in [1.807, 2.05) is 24.3 Å². The summed E-state index contributed by atoms with van der Waals surface area (Å²) in [7, 11) is 1.64. The highest BCUT2D eigenvalue weighted by Gasteiger charge is 2.22. The van der Waals surface area contributed by atoms with Crippen molar-refractivity contribution in [1.82, 2.24) is 9.47 Å². The van der Waals surface area contributed by atoms with Gasteiger partial charge in [-0.15, -0.1) is 0 Å². The number of carbonyl (C=O) groups is 2. The molecule has 0 saturated carbocycles. The molecule has 1 aliphatic heterocycles. The highest BCUT2D eigenvalue weighted by atomic mass is 16.5. The lowest BCUT2D eigenvalue weighted by molar-refractivity contribution is -0.132. The van der Waals surface area contributed by atoms with Gasteiger partial charge in [0.2, 0.25) is 11.8 Å². The molecule has 1 N–H and O–H groups in total. The van der Waals surface area contributed by atoms with Crippen LogP contribution in [0.2, 0.25) is 0 Å². The summed E-state index contributed by atoms with van der Waals surface area (Å²) in [6.07, 6.45) is 0. The van der Waals surface area contributed by atoms with Crippen LogP contribution in [-0.4, -0.2) is 54.6 Å². The molecule has 0 radical (unpaired) electrons. The fourth-order valence-corrected chi connectivity index (χ4v) is 3.39. The van der Waals surface area contributed by atoms with Gasteiger partial charge in [0, 0.05) is 44.5 Å². The molecule has 2 aromatic rings. The summed E-state index contributed by atoms with van der Waals surface area (Å²) in [5.41, 5.74) is 1.58. The lowest BCUT2D eigenvalue weighted by Crippen LogP contribution is -2.50. The Morgan fingerprint density at radius 1 is 1.03 bits per heavy atom. The van der Waals surface area contributed by atoms with Gasteiger partial charge in [-0.1, -0.05) is 0 Å². The van der Waals surface area contributed by atoms with E-state index in [2.05, 4.69) is 10.2 Å². The van der Waals surface area contributed by atoms with Crippen molar-refractivity contribution >= 4 is 23.2 Å². The number of pyridine rings is 1. The van der Waals surface area contributed by atoms with Gasteiger partial charge in [0.1, 0.15) is 18.0 Å². The molecular weight excluding hydrogens is 372 g/mol. The lowest BCUT2D eigenvalue weighted by atomic mass is 10.2. The van der Waals surface area contributed by atoms with E-state index in [1.54, 1.807) is 31.1 Å². The quantitative estimate of drug-likeness (QED) is 0.825. The lowest BCUT2D eigenvalue weighted by Gasteiger charge is -2.36. The van der Waals surface area contributed by atoms with Gasteiger partial charge in [0.15, 0.2) is 0 Å². The predicted molar refractivity (Wildman–Crippen MR) is 112 cm³/mol. The van der Waals surface area contributed by atoms with Crippen molar-refractivity contribution in [3.8, 4) is 5.75 Å². The van der Waals surface area contributed by atoms with Gasteiger partial charge >= 0.3 is 0 Å². The van der Waals surface area contributed by atoms with Crippen molar-refractivity contribution in [3.05, 3.63) is 52.4 Å². The zero-order valence-electron chi connectivity index (χ0n) is 17.0. The summed E-state index contributed by atoms with van der Waals surface area (Å²) < 4.78 is 6.59. The summed E-state index contributed by atoms with van der Waals surface area (Å²) in [6.45, 7) is 5.69. The molecule has 1 saturated heterocycles. The number of aryl methyl sites for hydroxylation is 1. The monoisotopic (exact) mass is 398 g/mol. The smallest absolute Gasteiger partial charge is 0.274 e. The molecule has 0 unspecified atom stereocenters. The van der Waals surface area contributed by atoms with Crippen molar-refractivity contribution in [2.24, 2.45) is 0 Å². The standard InChI is InChI=1S/C21H26N4O4/c1-15-4-9-19(22-16(2)26)21(28)25(15)14-20(27)24-12-10-23(11-13-24)17-5-7-18(29-3)8-6-17/h4-9H,10-14H2,1-3H3,(H,22,26). The number of rotatable bonds is 5. The van der Waals surface area contributed by atoms with E-state index >= 15 is 0 Å². The van der Waals surface area contributed by atoms with Crippen molar-refractivity contribution in [2.75, 3.05) is 43.5 Å². The Bertz CT molecular complexity index is 944. The third-order valence-corrected chi connectivity index (χ3v) is 5.07. The van der Waals surface area contributed by atoms with E-state index in [0.717, 1.165) is 24.5 Å². The Morgan fingerprint density at radius 3 is 2.28 bits per heavy atom. The minimum atomic E-state index is -0.370. The van der Waals surface area contributed by atoms with Gasteiger partial charge in [0.05, 0.1) is 7.11 Å². The topological polar surface area (TPSA) is 83.9 Å². The number of benzene rings is 1. The first kappa shape index (κ1) is 20.4. The number of methoxy groups -OCH3 is 1. The Kier molecular flexibility index (Phi) is 6.21. The summed E-state index contributed by atoms with van der Waals surface area (Å²) >= 11 is 0. The second-order valence-corrected chi connectivity index (χ2v) is 7.03. The molecule has 154 valence electrons. The largest absolute Gasteiger partial charge is 0.497 e. The molecule has 8 heteroatoms. The highest BCUT2D eigenvalue weighted by Crippen LogP contribution is 2.20. The molecule has 29 heavy (non-hydrogen) atoms. The van der Waals surface area contributed by atoms with Crippen molar-refractivity contribution in [3.63, 3.8) is 0 Å². The fourth-order valence-electron chi connectivity index (χ4n) is 3.39. The average Bonchev–Trinajstić information content (AvgIpc) is 2.73. The average molecular weight is 398 g/mol. The Morgan fingerprint density at radius 2 is 1.69 bits per heavy atom. The van der Waals surface area contributed by atoms with Gasteiger partial charge in [0.25, 0.3) is 5.56 Å². The van der Waals surface area contributed by atoms with E-state index in [4.69, 9.17) is 4.74 Å². The minimum Gasteiger partial charge on any atom is -0.497 e. The Labute approximate surface area is 169 Å². The number of piperazine rings is 1. The molecule has 2 amide bonds. The maximum Gasteiger partial charge on any atom is 0.274 e. The zero-order valence-corrected chi connectivity index (χ0v) is 17.0. The van der Waals surface area contributed by atoms with E-state index < -0.39 is 0 Å². The molecule has 3 rings (SSSR count). The number of ether oxygens (including phenoxy) is 1. The van der Waals surface area contributed by atoms with E-state index in [1.165, 1.54) is 11.5 Å². The van der Waals surface area contributed by atoms with Crippen LogP contribution in [0.1, 0.15) is 12.6 Å². The van der Waals surface area contributed by atoms with Gasteiger partial charge in [-0.3, -0.25) is 14.4 Å². The molecule has 0 spiro atoms. The number of aromatic nitrogens is 1. The molecule has 1 aromatic carbocycles. The van der Waals surface area contributed by atoms with Crippen molar-refractivity contribution in [2.45, 2.75) is 20.4 Å². The second kappa shape index (κ2) is 8.81. The first-order valence-electron chi connectivity index (χ1n) is 9.54. The molecular formula is C21H26N4O4. The van der Waals surface area contributed by atoms with Crippen molar-refractivity contribution < 1.29 is 14.3 Å². The van der Waals surface area contributed by atoms with Gasteiger partial charge in [-0.2, -0.15) is 0 Å². The number of hydrogen-bond acceptors (Lipinski definition) is 5. The number of amides is 2. The van der Waals surface area contributed by atoms with Crippen LogP contribution in [0.4, 0.5) is 11.4 Å². The molecule has 0 atom stereocenters. The fraction of sp³-hybridized carbons (Fsp3) is 0.381. The summed E-state index contributed by atoms with van der Waals surface area (Å²) in [5, 5.41) is 2.51. The molecule has 8 nitrogen and oxygen atoms in total. The molecule has 1 aromatic heterocycles. The van der Waals surface area contributed by atoms with Crippen LogP contribution in [0, 0.1) is 6.92 Å². The number of nitrogens with zero attached hydrogens (tertiary/aromatic N) is 3. The molecule has 0 bridgehead atoms. The van der Waals surface area contributed by atoms with Gasteiger partial charge in [-0.25, -0.2) is 0 Å². The molecule has 0 aliphatic carbocycles. The van der Waals surface area contributed by atoms with Gasteiger partial charge in [-0.05, 0) is 43.3 Å². The molecule has 1 fully saturated rings. The van der Waals surface area contributed by atoms with Crippen LogP contribution in [0.3, 0.4) is 0 Å². The maximum atomic E-state index is 12.8. The van der Waals surface area contributed by atoms with Crippen LogP contribution < -0.4 is 20.5 Å². The SMILES string of the molecule is COc1ccc(N2CCN(C(=O)Cn3c(C)ccc(NC(C)=O)c3=O)CC2)cc1. The molecule has 1 aliphatic rings. The normalized spacial score (nSPS) is 13.9. The zero-order chi connectivity index (χ0) is 21.0. The summed E-state index contributed by atoms with van der Waals surface area (Å²) in [6, 6.07) is 11.1. The number of carbonyl (C=O) groups excluding carboxylic acids is 2. The first-order chi connectivity index (χ1) is 13.9. The predicted octanol–water partition coefficient (Wildman–Crippen LogP) is 1.47. The van der Waals surface area contributed by atoms with Crippen molar-refractivity contribution in [1.29, 1.82) is 0 Å². The van der Waals surface area contributed by atoms with Crippen LogP contribution >= 0.6 is 0 Å². The van der Waals surface area contributed by atoms with E-state index in [-0.39, 0.29) is 29.6 Å². The van der Waals surface area contributed by atoms with E-state index in [9.17, 15) is 14.4 Å². The van der Waals surface area contributed by atoms with Gasteiger partial charge < -0.3 is 24.4 Å². The maximum absolute atomic E-state index is 12.8. The van der Waals surface area contributed by atoms with E-state index in [0.29, 0.717) is 18.8 Å². The number of anilines is 2. The minimum absolute atomic E-state index is 0.0410. The first-order valence-corrected chi connectivity index (χ1v) is 9.54. The third kappa shape index (κ3) is 4.77. The van der Waals surface area contributed by atoms with Crippen LogP contribution in [-0.2, 0) is 16.1 Å². The highest BCUT2D eigenvalue weighted by molar-refractivity contribution is 5.88. The van der Waals surface area contributed by atoms with Crippen LogP contribution in [0.5, 0.6) is 5.75 Å². The summed E-state index contributed by atoms with van der Waals surface area (Å²) in [5.74, 6) is 0.382. The number of hydrogen-bond donors (Lipinski definition) is 1. The molecule has 2 heterocycles. The van der Waals surface area contributed by atoms with Crippen LogP contribution in [0.15, 0.2) is 41.2 Å². The second-order valence-electron chi connectivity index (χ2n) is 7.03. The third-order valence-electron chi connectivity index (χ3n) is 5.07. The Hall–Kier alpha value is -3.29. The number of nitrogens with one attached hydrogen (secondary N) is 1.